The van der Waals surface area contributed by atoms with Gasteiger partial charge in [0.2, 0.25) is 0 Å². The molecule has 1 heterocycles. The number of urea groups is 1. The summed E-state index contributed by atoms with van der Waals surface area (Å²) in [6.45, 7) is 1.84. The quantitative estimate of drug-likeness (QED) is 0.692. The van der Waals surface area contributed by atoms with Crippen LogP contribution in [0.2, 0.25) is 5.02 Å². The SMILES string of the molecule is COc1cc(Cl)c(C)cc1NC(=O)Nc1cc(-c2ccccc2)on1. The van der Waals surface area contributed by atoms with E-state index in [2.05, 4.69) is 15.8 Å². The number of aryl methyl sites for hydroxylation is 1. The van der Waals surface area contributed by atoms with Gasteiger partial charge < -0.3 is 14.6 Å². The second-order valence-electron chi connectivity index (χ2n) is 5.32. The molecule has 0 radical (unpaired) electrons. The fourth-order valence-electron chi connectivity index (χ4n) is 2.27. The van der Waals surface area contributed by atoms with Gasteiger partial charge in [0.05, 0.1) is 12.8 Å². The molecule has 0 aliphatic rings. The zero-order valence-electron chi connectivity index (χ0n) is 13.7. The standard InChI is InChI=1S/C18H16ClN3O3/c1-11-8-14(16(24-2)9-13(11)19)20-18(23)21-17-10-15(25-22-17)12-6-4-3-5-7-12/h3-10H,1-2H3,(H2,20,21,22,23). The number of nitrogens with zero attached hydrogens (tertiary/aromatic N) is 1. The van der Waals surface area contributed by atoms with Crippen LogP contribution in [0.3, 0.4) is 0 Å². The zero-order chi connectivity index (χ0) is 17.8. The highest BCUT2D eigenvalue weighted by atomic mass is 35.5. The molecule has 2 aromatic carbocycles. The zero-order valence-corrected chi connectivity index (χ0v) is 14.4. The number of amides is 2. The first-order valence-electron chi connectivity index (χ1n) is 7.51. The third-order valence-corrected chi connectivity index (χ3v) is 3.95. The number of rotatable bonds is 4. The Labute approximate surface area is 149 Å². The molecule has 0 atom stereocenters. The summed E-state index contributed by atoms with van der Waals surface area (Å²) in [5.74, 6) is 1.34. The molecular weight excluding hydrogens is 342 g/mol. The lowest BCUT2D eigenvalue weighted by Gasteiger charge is -2.12. The van der Waals surface area contributed by atoms with Gasteiger partial charge in [0.1, 0.15) is 5.75 Å². The van der Waals surface area contributed by atoms with Crippen molar-refractivity contribution in [2.75, 3.05) is 17.7 Å². The second-order valence-corrected chi connectivity index (χ2v) is 5.73. The van der Waals surface area contributed by atoms with Crippen LogP contribution >= 0.6 is 11.6 Å². The molecule has 3 rings (SSSR count). The number of hydrogen-bond donors (Lipinski definition) is 2. The number of carbonyl (C=O) groups excluding carboxylic acids is 1. The maximum atomic E-state index is 12.2. The van der Waals surface area contributed by atoms with E-state index in [0.29, 0.717) is 28.0 Å². The number of methoxy groups -OCH3 is 1. The highest BCUT2D eigenvalue weighted by Crippen LogP contribution is 2.31. The summed E-state index contributed by atoms with van der Waals surface area (Å²) >= 11 is 6.06. The number of nitrogens with one attached hydrogen (secondary N) is 2. The minimum absolute atomic E-state index is 0.306. The molecule has 1 aromatic heterocycles. The van der Waals surface area contributed by atoms with E-state index in [1.807, 2.05) is 37.3 Å². The van der Waals surface area contributed by atoms with E-state index in [1.165, 1.54) is 7.11 Å². The smallest absolute Gasteiger partial charge is 0.325 e. The summed E-state index contributed by atoms with van der Waals surface area (Å²) in [7, 11) is 1.51. The van der Waals surface area contributed by atoms with Gasteiger partial charge in [-0.2, -0.15) is 0 Å². The molecule has 0 spiro atoms. The normalized spacial score (nSPS) is 10.4. The fraction of sp³-hybridized carbons (Fsp3) is 0.111. The van der Waals surface area contributed by atoms with Crippen LogP contribution < -0.4 is 15.4 Å². The maximum absolute atomic E-state index is 12.2. The molecule has 0 unspecified atom stereocenters. The van der Waals surface area contributed by atoms with Gasteiger partial charge in [0.15, 0.2) is 11.6 Å². The Hall–Kier alpha value is -2.99. The molecule has 7 heteroatoms. The van der Waals surface area contributed by atoms with Crippen molar-refractivity contribution >= 4 is 29.1 Å². The van der Waals surface area contributed by atoms with Gasteiger partial charge in [-0.05, 0) is 18.6 Å². The summed E-state index contributed by atoms with van der Waals surface area (Å²) < 4.78 is 10.5. The molecule has 3 aromatic rings. The Morgan fingerprint density at radius 3 is 2.64 bits per heavy atom. The van der Waals surface area contributed by atoms with Crippen molar-refractivity contribution in [2.45, 2.75) is 6.92 Å². The van der Waals surface area contributed by atoms with Crippen molar-refractivity contribution in [3.05, 3.63) is 59.1 Å². The lowest BCUT2D eigenvalue weighted by atomic mass is 10.2. The van der Waals surface area contributed by atoms with Gasteiger partial charge >= 0.3 is 6.03 Å². The first kappa shape index (κ1) is 16.9. The van der Waals surface area contributed by atoms with Crippen LogP contribution in [-0.4, -0.2) is 18.3 Å². The van der Waals surface area contributed by atoms with Crippen molar-refractivity contribution in [3.63, 3.8) is 0 Å². The Balaban J connectivity index is 1.72. The molecule has 0 saturated carbocycles. The summed E-state index contributed by atoms with van der Waals surface area (Å²) in [5, 5.41) is 9.75. The Morgan fingerprint density at radius 1 is 1.16 bits per heavy atom. The largest absolute Gasteiger partial charge is 0.495 e. The van der Waals surface area contributed by atoms with E-state index in [-0.39, 0.29) is 0 Å². The molecule has 0 saturated heterocycles. The van der Waals surface area contributed by atoms with Crippen molar-refractivity contribution in [2.24, 2.45) is 0 Å². The molecule has 0 aliphatic carbocycles. The topological polar surface area (TPSA) is 76.4 Å². The molecular formula is C18H16ClN3O3. The van der Waals surface area contributed by atoms with Crippen molar-refractivity contribution in [1.29, 1.82) is 0 Å². The van der Waals surface area contributed by atoms with Crippen LogP contribution in [0.4, 0.5) is 16.3 Å². The summed E-state index contributed by atoms with van der Waals surface area (Å²) in [5.41, 5.74) is 2.21. The Morgan fingerprint density at radius 2 is 1.92 bits per heavy atom. The molecule has 6 nitrogen and oxygen atoms in total. The summed E-state index contributed by atoms with van der Waals surface area (Å²) in [6, 6.07) is 14.1. The third kappa shape index (κ3) is 3.92. The molecule has 128 valence electrons. The van der Waals surface area contributed by atoms with Gasteiger partial charge in [-0.3, -0.25) is 5.32 Å². The first-order valence-corrected chi connectivity index (χ1v) is 7.89. The number of ether oxygens (including phenoxy) is 1. The molecule has 0 fully saturated rings. The van der Waals surface area contributed by atoms with Gasteiger partial charge in [0.25, 0.3) is 0 Å². The molecule has 25 heavy (non-hydrogen) atoms. The summed E-state index contributed by atoms with van der Waals surface area (Å²) in [6.07, 6.45) is 0. The number of carbonyl (C=O) groups is 1. The van der Waals surface area contributed by atoms with Crippen LogP contribution in [0.25, 0.3) is 11.3 Å². The van der Waals surface area contributed by atoms with Crippen LogP contribution in [-0.2, 0) is 0 Å². The van der Waals surface area contributed by atoms with E-state index in [1.54, 1.807) is 18.2 Å². The average Bonchev–Trinajstić information content (AvgIpc) is 3.07. The van der Waals surface area contributed by atoms with Crippen molar-refractivity contribution in [1.82, 2.24) is 5.16 Å². The van der Waals surface area contributed by atoms with Crippen molar-refractivity contribution in [3.8, 4) is 17.1 Å². The van der Waals surface area contributed by atoms with Gasteiger partial charge in [-0.25, -0.2) is 4.79 Å². The lowest BCUT2D eigenvalue weighted by Crippen LogP contribution is -2.20. The fourth-order valence-corrected chi connectivity index (χ4v) is 2.43. The minimum Gasteiger partial charge on any atom is -0.495 e. The number of anilines is 2. The van der Waals surface area contributed by atoms with Crippen LogP contribution in [0.1, 0.15) is 5.56 Å². The first-order chi connectivity index (χ1) is 12.1. The maximum Gasteiger partial charge on any atom is 0.325 e. The van der Waals surface area contributed by atoms with Gasteiger partial charge in [-0.15, -0.1) is 0 Å². The highest BCUT2D eigenvalue weighted by molar-refractivity contribution is 6.31. The number of halogens is 1. The third-order valence-electron chi connectivity index (χ3n) is 3.54. The van der Waals surface area contributed by atoms with E-state index < -0.39 is 6.03 Å². The second kappa shape index (κ2) is 7.27. The predicted octanol–water partition coefficient (Wildman–Crippen LogP) is 4.96. The monoisotopic (exact) mass is 357 g/mol. The number of benzene rings is 2. The molecule has 2 N–H and O–H groups in total. The lowest BCUT2D eigenvalue weighted by molar-refractivity contribution is 0.261. The number of hydrogen-bond acceptors (Lipinski definition) is 4. The van der Waals surface area contributed by atoms with Crippen molar-refractivity contribution < 1.29 is 14.1 Å². The van der Waals surface area contributed by atoms with E-state index >= 15 is 0 Å². The number of aromatic nitrogens is 1. The Kier molecular flexibility index (Phi) is 4.90. The van der Waals surface area contributed by atoms with E-state index in [0.717, 1.165) is 11.1 Å². The van der Waals surface area contributed by atoms with Gasteiger partial charge in [0, 0.05) is 22.7 Å². The van der Waals surface area contributed by atoms with Gasteiger partial charge in [-0.1, -0.05) is 47.1 Å². The van der Waals surface area contributed by atoms with Crippen LogP contribution in [0, 0.1) is 6.92 Å². The minimum atomic E-state index is -0.465. The molecule has 2 amide bonds. The average molecular weight is 358 g/mol. The van der Waals surface area contributed by atoms with E-state index in [9.17, 15) is 4.79 Å². The Bertz CT molecular complexity index is 894. The predicted molar refractivity (Wildman–Crippen MR) is 97.3 cm³/mol. The van der Waals surface area contributed by atoms with Crippen LogP contribution in [0.5, 0.6) is 5.75 Å². The molecule has 0 aliphatic heterocycles. The highest BCUT2D eigenvalue weighted by Gasteiger charge is 2.13. The van der Waals surface area contributed by atoms with E-state index in [4.69, 9.17) is 20.9 Å². The molecule has 0 bridgehead atoms. The summed E-state index contributed by atoms with van der Waals surface area (Å²) in [4.78, 5) is 12.2. The van der Waals surface area contributed by atoms with Crippen LogP contribution in [0.15, 0.2) is 53.1 Å².